The summed E-state index contributed by atoms with van der Waals surface area (Å²) in [5.74, 6) is 0. The smallest absolute Gasteiger partial charge is 0.320 e. The number of hydrogen-bond donors (Lipinski definition) is 0. The second kappa shape index (κ2) is 11.4. The molecule has 0 atom stereocenters. The molecule has 0 saturated carbocycles. The van der Waals surface area contributed by atoms with Crippen LogP contribution in [0.1, 0.15) is 65.4 Å². The van der Waals surface area contributed by atoms with Gasteiger partial charge in [0.1, 0.15) is 6.09 Å². The Kier molecular flexibility index (Phi) is 8.85. The highest BCUT2D eigenvalue weighted by atomic mass is 16.4. The van der Waals surface area contributed by atoms with E-state index in [9.17, 15) is 14.7 Å². The lowest BCUT2D eigenvalue weighted by Gasteiger charge is -2.54. The van der Waals surface area contributed by atoms with E-state index >= 15 is 0 Å². The maximum absolute atomic E-state index is 13.5. The van der Waals surface area contributed by atoms with Crippen LogP contribution in [0.3, 0.4) is 0 Å². The normalized spacial score (nSPS) is 19.0. The molecule has 7 heteroatoms. The van der Waals surface area contributed by atoms with Crippen molar-refractivity contribution >= 4 is 12.1 Å². The number of amides is 3. The second-order valence-corrected chi connectivity index (χ2v) is 10.9. The van der Waals surface area contributed by atoms with Crippen LogP contribution in [-0.2, 0) is 6.42 Å². The van der Waals surface area contributed by atoms with Crippen molar-refractivity contribution in [3.05, 3.63) is 35.9 Å². The van der Waals surface area contributed by atoms with Crippen LogP contribution in [0.2, 0.25) is 0 Å². The van der Waals surface area contributed by atoms with Crippen molar-refractivity contribution in [1.29, 1.82) is 0 Å². The molecule has 34 heavy (non-hydrogen) atoms. The summed E-state index contributed by atoms with van der Waals surface area (Å²) in [4.78, 5) is 33.0. The molecule has 2 heterocycles. The molecule has 0 aliphatic carbocycles. The summed E-state index contributed by atoms with van der Waals surface area (Å²) in [5, 5.41) is 11.5. The molecule has 2 aliphatic rings. The third kappa shape index (κ3) is 6.44. The van der Waals surface area contributed by atoms with Crippen LogP contribution in [0.25, 0.3) is 0 Å². The summed E-state index contributed by atoms with van der Waals surface area (Å²) < 4.78 is 0. The van der Waals surface area contributed by atoms with E-state index in [2.05, 4.69) is 47.1 Å². The molecule has 1 aromatic rings. The highest BCUT2D eigenvalue weighted by molar-refractivity contribution is 5.76. The number of carboxylic acid groups (broad SMARTS) is 1. The summed E-state index contributed by atoms with van der Waals surface area (Å²) in [7, 11) is 0. The zero-order chi connectivity index (χ0) is 24.8. The molecule has 2 aliphatic heterocycles. The van der Waals surface area contributed by atoms with E-state index in [-0.39, 0.29) is 11.6 Å². The standard InChI is InChI=1S/C27H44N4O3/c1-5-16-30-24(32)29(17-9-18-31(25(33)34)26(2,3)4)22-15-27(30)13-20-28(21-14-27)19-12-23-10-7-6-8-11-23/h6-8,10-11H,5,9,12-22H2,1-4H3,(H,33,34)/p-1. The van der Waals surface area contributed by atoms with E-state index in [0.717, 1.165) is 64.8 Å². The van der Waals surface area contributed by atoms with Crippen LogP contribution in [0.5, 0.6) is 0 Å². The summed E-state index contributed by atoms with van der Waals surface area (Å²) in [6.07, 6.45) is 4.54. The first-order valence-corrected chi connectivity index (χ1v) is 13.0. The fourth-order valence-electron chi connectivity index (χ4n) is 5.48. The van der Waals surface area contributed by atoms with Gasteiger partial charge in [0, 0.05) is 56.9 Å². The van der Waals surface area contributed by atoms with Crippen LogP contribution >= 0.6 is 0 Å². The molecular formula is C27H43N4O3-. The zero-order valence-electron chi connectivity index (χ0n) is 21.6. The fraction of sp³-hybridized carbons (Fsp3) is 0.704. The van der Waals surface area contributed by atoms with Gasteiger partial charge in [0.25, 0.3) is 0 Å². The predicted octanol–water partition coefficient (Wildman–Crippen LogP) is 3.44. The quantitative estimate of drug-likeness (QED) is 0.553. The van der Waals surface area contributed by atoms with Crippen LogP contribution in [0, 0.1) is 0 Å². The lowest BCUT2D eigenvalue weighted by Crippen LogP contribution is -2.65. The molecule has 0 bridgehead atoms. The minimum atomic E-state index is -1.15. The zero-order valence-corrected chi connectivity index (χ0v) is 21.6. The highest BCUT2D eigenvalue weighted by Crippen LogP contribution is 2.37. The topological polar surface area (TPSA) is 70.2 Å². The molecule has 0 radical (unpaired) electrons. The maximum Gasteiger partial charge on any atom is 0.320 e. The Balaban J connectivity index is 1.54. The monoisotopic (exact) mass is 471 g/mol. The molecule has 0 aromatic heterocycles. The van der Waals surface area contributed by atoms with Crippen LogP contribution in [-0.4, -0.2) is 88.6 Å². The first-order chi connectivity index (χ1) is 16.2. The largest absolute Gasteiger partial charge is 0.530 e. The van der Waals surface area contributed by atoms with Crippen molar-refractivity contribution in [3.63, 3.8) is 0 Å². The summed E-state index contributed by atoms with van der Waals surface area (Å²) >= 11 is 0. The van der Waals surface area contributed by atoms with Crippen molar-refractivity contribution in [2.24, 2.45) is 0 Å². The lowest BCUT2D eigenvalue weighted by atomic mass is 9.80. The van der Waals surface area contributed by atoms with Crippen molar-refractivity contribution in [3.8, 4) is 0 Å². The molecule has 7 nitrogen and oxygen atoms in total. The van der Waals surface area contributed by atoms with Gasteiger partial charge in [0.05, 0.1) is 0 Å². The third-order valence-corrected chi connectivity index (χ3v) is 7.55. The number of urea groups is 1. The highest BCUT2D eigenvalue weighted by Gasteiger charge is 2.46. The molecule has 190 valence electrons. The average Bonchev–Trinajstić information content (AvgIpc) is 2.80. The molecular weight excluding hydrogens is 428 g/mol. The van der Waals surface area contributed by atoms with Gasteiger partial charge in [-0.05, 0) is 64.9 Å². The fourth-order valence-corrected chi connectivity index (χ4v) is 5.48. The number of piperidine rings is 1. The molecule has 2 fully saturated rings. The molecule has 0 N–H and O–H groups in total. The van der Waals surface area contributed by atoms with Crippen LogP contribution in [0.15, 0.2) is 30.3 Å². The number of hydrogen-bond acceptors (Lipinski definition) is 4. The number of nitrogens with zero attached hydrogens (tertiary/aromatic N) is 4. The number of carbonyl (C=O) groups is 2. The second-order valence-electron chi connectivity index (χ2n) is 10.9. The van der Waals surface area contributed by atoms with E-state index in [0.29, 0.717) is 19.5 Å². The summed E-state index contributed by atoms with van der Waals surface area (Å²) in [6.45, 7) is 13.4. The minimum absolute atomic E-state index is 0.0325. The van der Waals surface area contributed by atoms with Gasteiger partial charge in [-0.1, -0.05) is 37.3 Å². The van der Waals surface area contributed by atoms with Gasteiger partial charge >= 0.3 is 6.03 Å². The first kappa shape index (κ1) is 26.3. The van der Waals surface area contributed by atoms with Crippen molar-refractivity contribution in [1.82, 2.24) is 19.6 Å². The molecule has 3 rings (SSSR count). The number of rotatable bonds is 9. The van der Waals surface area contributed by atoms with E-state index in [1.165, 1.54) is 10.5 Å². The van der Waals surface area contributed by atoms with Crippen LogP contribution in [0.4, 0.5) is 9.59 Å². The maximum atomic E-state index is 13.5. The number of carbonyl (C=O) groups excluding carboxylic acids is 2. The van der Waals surface area contributed by atoms with Gasteiger partial charge in [-0.15, -0.1) is 0 Å². The first-order valence-electron chi connectivity index (χ1n) is 13.0. The van der Waals surface area contributed by atoms with Gasteiger partial charge in [-0.25, -0.2) is 4.79 Å². The number of benzene rings is 1. The Labute approximate surface area is 205 Å². The Morgan fingerprint density at radius 3 is 2.26 bits per heavy atom. The van der Waals surface area contributed by atoms with Crippen molar-refractivity contribution < 1.29 is 14.7 Å². The van der Waals surface area contributed by atoms with Gasteiger partial charge in [0.2, 0.25) is 0 Å². The molecule has 2 saturated heterocycles. The molecule has 3 amide bonds. The van der Waals surface area contributed by atoms with Gasteiger partial charge in [0.15, 0.2) is 0 Å². The molecule has 0 unspecified atom stereocenters. The summed E-state index contributed by atoms with van der Waals surface area (Å²) in [5.41, 5.74) is 0.842. The third-order valence-electron chi connectivity index (χ3n) is 7.55. The van der Waals surface area contributed by atoms with E-state index in [4.69, 9.17) is 0 Å². The average molecular weight is 472 g/mol. The van der Waals surface area contributed by atoms with Crippen LogP contribution < -0.4 is 5.11 Å². The Morgan fingerprint density at radius 1 is 1.03 bits per heavy atom. The summed E-state index contributed by atoms with van der Waals surface area (Å²) in [6, 6.07) is 10.8. The van der Waals surface area contributed by atoms with Crippen molar-refractivity contribution in [2.45, 2.75) is 77.3 Å². The van der Waals surface area contributed by atoms with Gasteiger partial charge < -0.3 is 29.5 Å². The van der Waals surface area contributed by atoms with E-state index in [1.54, 1.807) is 0 Å². The molecule has 1 spiro atoms. The number of likely N-dealkylation sites (tertiary alicyclic amines) is 1. The predicted molar refractivity (Wildman–Crippen MR) is 134 cm³/mol. The Bertz CT molecular complexity index is 800. The van der Waals surface area contributed by atoms with Crippen molar-refractivity contribution in [2.75, 3.05) is 45.8 Å². The SMILES string of the molecule is CCCN1C(=O)N(CCCN(C(=O)[O-])C(C)(C)C)CCC12CCN(CCc1ccccc1)CC2. The Hall–Kier alpha value is -2.28. The minimum Gasteiger partial charge on any atom is -0.530 e. The Morgan fingerprint density at radius 2 is 1.68 bits per heavy atom. The van der Waals surface area contributed by atoms with Gasteiger partial charge in [-0.3, -0.25) is 0 Å². The van der Waals surface area contributed by atoms with Gasteiger partial charge in [-0.2, -0.15) is 0 Å². The molecule has 1 aromatic carbocycles. The van der Waals surface area contributed by atoms with E-state index in [1.807, 2.05) is 25.7 Å². The van der Waals surface area contributed by atoms with E-state index < -0.39 is 11.6 Å². The lowest BCUT2D eigenvalue weighted by molar-refractivity contribution is -0.270.